The molecule has 0 N–H and O–H groups in total. The molecule has 1 aliphatic rings. The molecule has 1 aliphatic heterocycles. The lowest BCUT2D eigenvalue weighted by atomic mass is 9.88. The highest BCUT2D eigenvalue weighted by molar-refractivity contribution is 5.60. The van der Waals surface area contributed by atoms with Gasteiger partial charge >= 0.3 is 0 Å². The molecule has 0 aliphatic carbocycles. The maximum atomic E-state index is 11.1. The molecule has 3 heteroatoms. The molecule has 1 rings (SSSR count). The number of hydrogen-bond donors (Lipinski definition) is 0. The predicted molar refractivity (Wildman–Crippen MR) is 61.0 cm³/mol. The molecular weight excluding hydrogens is 190 g/mol. The van der Waals surface area contributed by atoms with Gasteiger partial charge in [-0.05, 0) is 25.9 Å². The molecule has 0 spiro atoms. The van der Waals surface area contributed by atoms with Crippen LogP contribution in [0.5, 0.6) is 0 Å². The van der Waals surface area contributed by atoms with Gasteiger partial charge in [0.2, 0.25) is 0 Å². The highest BCUT2D eigenvalue weighted by Gasteiger charge is 2.35. The first-order valence-electron chi connectivity index (χ1n) is 6.03. The van der Waals surface area contributed by atoms with Crippen molar-refractivity contribution in [2.45, 2.75) is 33.1 Å². The summed E-state index contributed by atoms with van der Waals surface area (Å²) in [6, 6.07) is 0. The molecule has 1 fully saturated rings. The molecule has 1 atom stereocenters. The fourth-order valence-electron chi connectivity index (χ4n) is 2.05. The molecule has 0 saturated carbocycles. The van der Waals surface area contributed by atoms with Crippen molar-refractivity contribution in [1.29, 1.82) is 0 Å². The van der Waals surface area contributed by atoms with Gasteiger partial charge in [-0.1, -0.05) is 20.3 Å². The largest absolute Gasteiger partial charge is 0.380 e. The average molecular weight is 213 g/mol. The normalized spacial score (nSPS) is 26.1. The third-order valence-electron chi connectivity index (χ3n) is 3.20. The minimum Gasteiger partial charge on any atom is -0.380 e. The number of carbonyl (C=O) groups excluding carboxylic acids is 1. The number of unbranched alkanes of at least 4 members (excludes halogenated alkanes) is 1. The third-order valence-corrected chi connectivity index (χ3v) is 3.20. The molecule has 1 heterocycles. The van der Waals surface area contributed by atoms with Gasteiger partial charge in [0.05, 0.1) is 12.0 Å². The van der Waals surface area contributed by atoms with Gasteiger partial charge in [0.25, 0.3) is 0 Å². The topological polar surface area (TPSA) is 29.5 Å². The monoisotopic (exact) mass is 213 g/mol. The summed E-state index contributed by atoms with van der Waals surface area (Å²) in [5.74, 6) is 0. The van der Waals surface area contributed by atoms with Crippen LogP contribution >= 0.6 is 0 Å². The van der Waals surface area contributed by atoms with E-state index in [1.807, 2.05) is 0 Å². The summed E-state index contributed by atoms with van der Waals surface area (Å²) in [5, 5.41) is 0. The van der Waals surface area contributed by atoms with Crippen molar-refractivity contribution in [3.05, 3.63) is 0 Å². The smallest absolute Gasteiger partial charge is 0.129 e. The van der Waals surface area contributed by atoms with Gasteiger partial charge in [-0.2, -0.15) is 0 Å². The number of hydrogen-bond acceptors (Lipinski definition) is 3. The Morgan fingerprint density at radius 2 is 2.27 bits per heavy atom. The van der Waals surface area contributed by atoms with E-state index in [0.717, 1.165) is 38.9 Å². The van der Waals surface area contributed by atoms with Crippen molar-refractivity contribution in [3.63, 3.8) is 0 Å². The van der Waals surface area contributed by atoms with Crippen molar-refractivity contribution in [2.24, 2.45) is 5.41 Å². The van der Waals surface area contributed by atoms with Gasteiger partial charge in [-0.3, -0.25) is 0 Å². The van der Waals surface area contributed by atoms with Crippen molar-refractivity contribution >= 4 is 6.29 Å². The van der Waals surface area contributed by atoms with E-state index in [4.69, 9.17) is 4.74 Å². The van der Waals surface area contributed by atoms with Crippen LogP contribution in [-0.2, 0) is 9.53 Å². The molecule has 15 heavy (non-hydrogen) atoms. The maximum absolute atomic E-state index is 11.1. The Balaban J connectivity index is 2.44. The minimum absolute atomic E-state index is 0.219. The van der Waals surface area contributed by atoms with Crippen LogP contribution in [0.1, 0.15) is 33.1 Å². The lowest BCUT2D eigenvalue weighted by molar-refractivity contribution is -0.117. The van der Waals surface area contributed by atoms with Crippen molar-refractivity contribution in [1.82, 2.24) is 4.90 Å². The molecule has 1 unspecified atom stereocenters. The van der Waals surface area contributed by atoms with Crippen LogP contribution in [0.3, 0.4) is 0 Å². The number of rotatable bonds is 7. The molecule has 0 amide bonds. The Morgan fingerprint density at radius 1 is 1.47 bits per heavy atom. The zero-order valence-corrected chi connectivity index (χ0v) is 10.00. The van der Waals surface area contributed by atoms with Crippen LogP contribution in [0.2, 0.25) is 0 Å². The van der Waals surface area contributed by atoms with Crippen LogP contribution in [-0.4, -0.2) is 44.0 Å². The molecule has 0 aromatic heterocycles. The van der Waals surface area contributed by atoms with Gasteiger partial charge in [0.1, 0.15) is 6.29 Å². The molecule has 88 valence electrons. The standard InChI is InChI=1S/C12H23NO2/c1-3-5-7-13(4-2)9-12(10-14)6-8-15-11-12/h10H,3-9,11H2,1-2H3. The summed E-state index contributed by atoms with van der Waals surface area (Å²) in [6.45, 7) is 8.69. The molecule has 0 bridgehead atoms. The van der Waals surface area contributed by atoms with Gasteiger partial charge in [-0.25, -0.2) is 0 Å². The number of ether oxygens (including phenoxy) is 1. The highest BCUT2D eigenvalue weighted by atomic mass is 16.5. The Kier molecular flexibility index (Phi) is 5.26. The van der Waals surface area contributed by atoms with Crippen LogP contribution in [0.4, 0.5) is 0 Å². The Bertz CT molecular complexity index is 188. The lowest BCUT2D eigenvalue weighted by Crippen LogP contribution is -2.39. The molecule has 0 radical (unpaired) electrons. The van der Waals surface area contributed by atoms with Crippen LogP contribution in [0.25, 0.3) is 0 Å². The van der Waals surface area contributed by atoms with E-state index < -0.39 is 0 Å². The quantitative estimate of drug-likeness (QED) is 0.603. The summed E-state index contributed by atoms with van der Waals surface area (Å²) in [4.78, 5) is 13.5. The lowest BCUT2D eigenvalue weighted by Gasteiger charge is -2.29. The van der Waals surface area contributed by atoms with E-state index in [1.165, 1.54) is 12.8 Å². The number of nitrogens with zero attached hydrogens (tertiary/aromatic N) is 1. The van der Waals surface area contributed by atoms with E-state index in [1.54, 1.807) is 0 Å². The molecule has 0 aromatic carbocycles. The summed E-state index contributed by atoms with van der Waals surface area (Å²) in [6.07, 6.45) is 4.42. The SMILES string of the molecule is CCCCN(CC)CC1(C=O)CCOC1. The predicted octanol–water partition coefficient (Wildman–Crippen LogP) is 1.71. The van der Waals surface area contributed by atoms with E-state index in [-0.39, 0.29) is 5.41 Å². The summed E-state index contributed by atoms with van der Waals surface area (Å²) < 4.78 is 5.34. The van der Waals surface area contributed by atoms with Crippen LogP contribution < -0.4 is 0 Å². The van der Waals surface area contributed by atoms with Crippen molar-refractivity contribution in [3.8, 4) is 0 Å². The second-order valence-corrected chi connectivity index (χ2v) is 4.51. The van der Waals surface area contributed by atoms with Gasteiger partial charge in [0.15, 0.2) is 0 Å². The Morgan fingerprint density at radius 3 is 2.73 bits per heavy atom. The van der Waals surface area contributed by atoms with Gasteiger partial charge in [-0.15, -0.1) is 0 Å². The summed E-state index contributed by atoms with van der Waals surface area (Å²) in [5.41, 5.74) is -0.219. The van der Waals surface area contributed by atoms with E-state index >= 15 is 0 Å². The van der Waals surface area contributed by atoms with Crippen molar-refractivity contribution in [2.75, 3.05) is 32.8 Å². The molecule has 1 saturated heterocycles. The van der Waals surface area contributed by atoms with Crippen molar-refractivity contribution < 1.29 is 9.53 Å². The first-order valence-corrected chi connectivity index (χ1v) is 6.03. The van der Waals surface area contributed by atoms with E-state index in [9.17, 15) is 4.79 Å². The minimum atomic E-state index is -0.219. The van der Waals surface area contributed by atoms with Crippen LogP contribution in [0, 0.1) is 5.41 Å². The fourth-order valence-corrected chi connectivity index (χ4v) is 2.05. The number of carbonyl (C=O) groups is 1. The Labute approximate surface area is 92.8 Å². The fraction of sp³-hybridized carbons (Fsp3) is 0.917. The van der Waals surface area contributed by atoms with Gasteiger partial charge < -0.3 is 14.4 Å². The first kappa shape index (κ1) is 12.7. The highest BCUT2D eigenvalue weighted by Crippen LogP contribution is 2.27. The third kappa shape index (κ3) is 3.58. The number of aldehydes is 1. The molecule has 3 nitrogen and oxygen atoms in total. The zero-order chi connectivity index (χ0) is 11.1. The van der Waals surface area contributed by atoms with Crippen LogP contribution in [0.15, 0.2) is 0 Å². The van der Waals surface area contributed by atoms with E-state index in [2.05, 4.69) is 18.7 Å². The second-order valence-electron chi connectivity index (χ2n) is 4.51. The molecular formula is C12H23NO2. The second kappa shape index (κ2) is 6.23. The first-order chi connectivity index (χ1) is 7.26. The maximum Gasteiger partial charge on any atom is 0.129 e. The average Bonchev–Trinajstić information content (AvgIpc) is 2.73. The van der Waals surface area contributed by atoms with E-state index in [0.29, 0.717) is 6.61 Å². The summed E-state index contributed by atoms with van der Waals surface area (Å²) in [7, 11) is 0. The Hall–Kier alpha value is -0.410. The van der Waals surface area contributed by atoms with Gasteiger partial charge in [0, 0.05) is 13.2 Å². The summed E-state index contributed by atoms with van der Waals surface area (Å²) >= 11 is 0. The zero-order valence-electron chi connectivity index (χ0n) is 10.00. The molecule has 0 aromatic rings.